The van der Waals surface area contributed by atoms with Crippen molar-refractivity contribution in [2.45, 2.75) is 0 Å². The summed E-state index contributed by atoms with van der Waals surface area (Å²) in [4.78, 5) is 0. The van der Waals surface area contributed by atoms with Crippen LogP contribution in [0.15, 0.2) is 59.0 Å². The van der Waals surface area contributed by atoms with E-state index < -0.39 is 0 Å². The molecule has 2 heteroatoms. The summed E-state index contributed by atoms with van der Waals surface area (Å²) < 4.78 is 6.02. The molecule has 0 fully saturated rings. The van der Waals surface area contributed by atoms with Crippen LogP contribution in [0.3, 0.4) is 0 Å². The van der Waals surface area contributed by atoms with Crippen LogP contribution in [0.1, 0.15) is 0 Å². The van der Waals surface area contributed by atoms with Gasteiger partial charge in [-0.2, -0.15) is 0 Å². The Labute approximate surface area is 105 Å². The summed E-state index contributed by atoms with van der Waals surface area (Å²) in [5, 5.41) is 4.81. The van der Waals surface area contributed by atoms with E-state index in [-0.39, 0.29) is 0 Å². The maximum Gasteiger partial charge on any atom is 0.143 e. The van der Waals surface area contributed by atoms with Crippen LogP contribution >= 0.6 is 0 Å². The van der Waals surface area contributed by atoms with Crippen LogP contribution in [0.5, 0.6) is 0 Å². The first-order valence-electron chi connectivity index (χ1n) is 6.13. The van der Waals surface area contributed by atoms with Crippen molar-refractivity contribution in [3.63, 3.8) is 0 Å². The van der Waals surface area contributed by atoms with E-state index in [1.165, 1.54) is 27.0 Å². The lowest BCUT2D eigenvalue weighted by atomic mass is 9.94. The van der Waals surface area contributed by atoms with E-state index in [9.17, 15) is 0 Å². The fourth-order valence-electron chi connectivity index (χ4n) is 2.62. The second-order valence-corrected chi connectivity index (χ2v) is 4.77. The summed E-state index contributed by atoms with van der Waals surface area (Å²) in [6.45, 7) is 0. The molecule has 4 rings (SSSR count). The maximum absolute atomic E-state index is 6.02. The first-order chi connectivity index (χ1) is 8.83. The SMILES string of the molecule is Bc1ccc2oc3c4ccccc4ccc3c2c1. The molecule has 0 atom stereocenters. The summed E-state index contributed by atoms with van der Waals surface area (Å²) >= 11 is 0. The van der Waals surface area contributed by atoms with Crippen molar-refractivity contribution in [2.75, 3.05) is 0 Å². The van der Waals surface area contributed by atoms with Gasteiger partial charge in [-0.05, 0) is 17.5 Å². The van der Waals surface area contributed by atoms with E-state index in [0.717, 1.165) is 11.2 Å². The second kappa shape index (κ2) is 3.39. The van der Waals surface area contributed by atoms with Crippen molar-refractivity contribution in [2.24, 2.45) is 0 Å². The lowest BCUT2D eigenvalue weighted by molar-refractivity contribution is 0.673. The topological polar surface area (TPSA) is 13.1 Å². The Morgan fingerprint density at radius 2 is 1.67 bits per heavy atom. The van der Waals surface area contributed by atoms with Gasteiger partial charge in [0.05, 0.1) is 0 Å². The van der Waals surface area contributed by atoms with Gasteiger partial charge in [0.25, 0.3) is 0 Å². The number of benzene rings is 3. The highest BCUT2D eigenvalue weighted by Crippen LogP contribution is 2.33. The Hall–Kier alpha value is -2.22. The molecular formula is C16H11BO. The average molecular weight is 230 g/mol. The van der Waals surface area contributed by atoms with Gasteiger partial charge in [0.1, 0.15) is 19.0 Å². The predicted octanol–water partition coefficient (Wildman–Crippen LogP) is 3.00. The minimum absolute atomic E-state index is 0.965. The molecule has 0 unspecified atom stereocenters. The van der Waals surface area contributed by atoms with E-state index in [1.807, 2.05) is 0 Å². The standard InChI is InChI=1S/C16H11BO/c17-11-6-8-15-14(9-11)13-7-5-10-3-1-2-4-12(10)16(13)18-15/h1-9H,17H2. The first-order valence-corrected chi connectivity index (χ1v) is 6.13. The summed E-state index contributed by atoms with van der Waals surface area (Å²) in [6, 6.07) is 19.0. The molecule has 1 aromatic heterocycles. The van der Waals surface area contributed by atoms with Crippen molar-refractivity contribution < 1.29 is 4.42 Å². The molecule has 1 heterocycles. The lowest BCUT2D eigenvalue weighted by Crippen LogP contribution is -1.98. The van der Waals surface area contributed by atoms with E-state index >= 15 is 0 Å². The van der Waals surface area contributed by atoms with Crippen LogP contribution in [0, 0.1) is 0 Å². The van der Waals surface area contributed by atoms with Crippen LogP contribution < -0.4 is 5.46 Å². The molecule has 0 saturated carbocycles. The molecule has 4 aromatic rings. The number of furan rings is 1. The molecule has 0 saturated heterocycles. The molecule has 0 spiro atoms. The largest absolute Gasteiger partial charge is 0.455 e. The van der Waals surface area contributed by atoms with E-state index in [1.54, 1.807) is 0 Å². The fraction of sp³-hybridized carbons (Fsp3) is 0. The zero-order valence-corrected chi connectivity index (χ0v) is 10.1. The van der Waals surface area contributed by atoms with Gasteiger partial charge in [-0.1, -0.05) is 47.9 Å². The van der Waals surface area contributed by atoms with Gasteiger partial charge >= 0.3 is 0 Å². The molecule has 84 valence electrons. The van der Waals surface area contributed by atoms with Crippen LogP contribution in [-0.2, 0) is 0 Å². The van der Waals surface area contributed by atoms with Gasteiger partial charge < -0.3 is 4.42 Å². The first kappa shape index (κ1) is 9.78. The van der Waals surface area contributed by atoms with E-state index in [0.29, 0.717) is 0 Å². The summed E-state index contributed by atoms with van der Waals surface area (Å²) in [5.74, 6) is 0. The molecule has 0 aliphatic rings. The highest BCUT2D eigenvalue weighted by atomic mass is 16.3. The van der Waals surface area contributed by atoms with Gasteiger partial charge in [0.2, 0.25) is 0 Å². The number of hydrogen-bond donors (Lipinski definition) is 0. The van der Waals surface area contributed by atoms with Gasteiger partial charge in [-0.15, -0.1) is 0 Å². The monoisotopic (exact) mass is 230 g/mol. The summed E-state index contributed by atoms with van der Waals surface area (Å²) in [6.07, 6.45) is 0. The van der Waals surface area contributed by atoms with Crippen molar-refractivity contribution in [1.29, 1.82) is 0 Å². The van der Waals surface area contributed by atoms with Gasteiger partial charge in [0, 0.05) is 16.2 Å². The zero-order chi connectivity index (χ0) is 12.1. The highest BCUT2D eigenvalue weighted by Gasteiger charge is 2.09. The van der Waals surface area contributed by atoms with Crippen LogP contribution in [0.25, 0.3) is 32.7 Å². The molecule has 18 heavy (non-hydrogen) atoms. The normalized spacial score (nSPS) is 11.6. The van der Waals surface area contributed by atoms with Crippen LogP contribution in [-0.4, -0.2) is 7.85 Å². The Kier molecular flexibility index (Phi) is 1.84. The van der Waals surface area contributed by atoms with Gasteiger partial charge in [-0.3, -0.25) is 0 Å². The fourth-order valence-corrected chi connectivity index (χ4v) is 2.62. The van der Waals surface area contributed by atoms with E-state index in [2.05, 4.69) is 62.4 Å². The third-order valence-corrected chi connectivity index (χ3v) is 3.52. The molecular weight excluding hydrogens is 219 g/mol. The summed E-state index contributed by atoms with van der Waals surface area (Å²) in [7, 11) is 2.11. The Balaban J connectivity index is 2.30. The smallest absolute Gasteiger partial charge is 0.143 e. The molecule has 0 N–H and O–H groups in total. The molecule has 0 amide bonds. The molecule has 1 nitrogen and oxygen atoms in total. The van der Waals surface area contributed by atoms with Crippen molar-refractivity contribution in [3.8, 4) is 0 Å². The predicted molar refractivity (Wildman–Crippen MR) is 79.4 cm³/mol. The van der Waals surface area contributed by atoms with Gasteiger partial charge in [-0.25, -0.2) is 0 Å². The van der Waals surface area contributed by atoms with Crippen molar-refractivity contribution in [3.05, 3.63) is 54.6 Å². The third kappa shape index (κ3) is 1.23. The quantitative estimate of drug-likeness (QED) is 0.423. The Morgan fingerprint density at radius 3 is 2.61 bits per heavy atom. The average Bonchev–Trinajstić information content (AvgIpc) is 2.77. The second-order valence-electron chi connectivity index (χ2n) is 4.77. The van der Waals surface area contributed by atoms with Crippen LogP contribution in [0.2, 0.25) is 0 Å². The van der Waals surface area contributed by atoms with Crippen molar-refractivity contribution >= 4 is 46.0 Å². The molecule has 0 aliphatic heterocycles. The zero-order valence-electron chi connectivity index (χ0n) is 10.1. The number of rotatable bonds is 0. The van der Waals surface area contributed by atoms with Gasteiger partial charge in [0.15, 0.2) is 0 Å². The third-order valence-electron chi connectivity index (χ3n) is 3.52. The Morgan fingerprint density at radius 1 is 0.778 bits per heavy atom. The number of hydrogen-bond acceptors (Lipinski definition) is 1. The van der Waals surface area contributed by atoms with E-state index in [4.69, 9.17) is 4.42 Å². The summed E-state index contributed by atoms with van der Waals surface area (Å²) in [5.41, 5.74) is 3.22. The molecule has 0 radical (unpaired) electrons. The highest BCUT2D eigenvalue weighted by molar-refractivity contribution is 6.34. The minimum atomic E-state index is 0.965. The van der Waals surface area contributed by atoms with Crippen molar-refractivity contribution in [1.82, 2.24) is 0 Å². The molecule has 0 aliphatic carbocycles. The Bertz CT molecular complexity index is 889. The minimum Gasteiger partial charge on any atom is -0.455 e. The molecule has 0 bridgehead atoms. The number of fused-ring (bicyclic) bond motifs is 5. The molecule has 3 aromatic carbocycles. The lowest BCUT2D eigenvalue weighted by Gasteiger charge is -1.97. The maximum atomic E-state index is 6.02. The van der Waals surface area contributed by atoms with Crippen LogP contribution in [0.4, 0.5) is 0 Å².